The van der Waals surface area contributed by atoms with Crippen molar-refractivity contribution >= 4 is 42.1 Å². The molecule has 2 heterocycles. The number of hydrogen-bond acceptors (Lipinski definition) is 10. The Morgan fingerprint density at radius 1 is 1.03 bits per heavy atom. The molecule has 29 heavy (non-hydrogen) atoms. The molecule has 8 nitrogen and oxygen atoms in total. The quantitative estimate of drug-likeness (QED) is 0.607. The average molecular weight is 473 g/mol. The van der Waals surface area contributed by atoms with E-state index in [-0.39, 0.29) is 5.25 Å². The first kappa shape index (κ1) is 25.2. The van der Waals surface area contributed by atoms with Crippen molar-refractivity contribution in [3.63, 3.8) is 0 Å². The van der Waals surface area contributed by atoms with Crippen molar-refractivity contribution in [3.05, 3.63) is 32.2 Å². The van der Waals surface area contributed by atoms with Crippen LogP contribution >= 0.6 is 22.7 Å². The second-order valence-corrected chi connectivity index (χ2v) is 14.6. The van der Waals surface area contributed by atoms with E-state index in [9.17, 15) is 8.42 Å². The summed E-state index contributed by atoms with van der Waals surface area (Å²) < 4.78 is 30.4. The largest absolute Gasteiger partial charge is 0.250 e. The molecule has 0 amide bonds. The zero-order chi connectivity index (χ0) is 22.5. The molecule has 2 rings (SSSR count). The minimum atomic E-state index is -2.57. The third kappa shape index (κ3) is 6.31. The number of aromatic nitrogens is 2. The molecule has 0 aliphatic heterocycles. The van der Waals surface area contributed by atoms with Crippen molar-refractivity contribution in [2.45, 2.75) is 44.6 Å². The summed E-state index contributed by atoms with van der Waals surface area (Å²) in [5, 5.41) is 18.5. The van der Waals surface area contributed by atoms with Gasteiger partial charge in [0.1, 0.15) is 0 Å². The van der Waals surface area contributed by atoms with E-state index in [2.05, 4.69) is 18.7 Å². The average Bonchev–Trinajstić information content (AvgIpc) is 3.23. The van der Waals surface area contributed by atoms with E-state index in [0.29, 0.717) is 0 Å². The number of nitrogens with zero attached hydrogens (tertiary/aromatic N) is 6. The molecule has 2 aromatic rings. The Hall–Kier alpha value is -1.86. The predicted octanol–water partition coefficient (Wildman–Crippen LogP) is 4.36. The summed E-state index contributed by atoms with van der Waals surface area (Å²) in [7, 11) is -5.03. The van der Waals surface area contributed by atoms with Crippen LogP contribution in [-0.4, -0.2) is 30.9 Å². The van der Waals surface area contributed by atoms with Crippen LogP contribution in [0.3, 0.4) is 0 Å². The van der Waals surface area contributed by atoms with Crippen molar-refractivity contribution in [1.82, 2.24) is 9.97 Å². The van der Waals surface area contributed by atoms with E-state index in [1.807, 2.05) is 27.7 Å². The molecule has 0 fully saturated rings. The fourth-order valence-electron chi connectivity index (χ4n) is 1.96. The highest BCUT2D eigenvalue weighted by atomic mass is 32.2. The van der Waals surface area contributed by atoms with Crippen LogP contribution in [0, 0.1) is 36.8 Å². The summed E-state index contributed by atoms with van der Waals surface area (Å²) in [6, 6.07) is 0. The number of rotatable bonds is 4. The second kappa shape index (κ2) is 9.76. The van der Waals surface area contributed by atoms with Crippen LogP contribution in [0.2, 0.25) is 0 Å². The molecule has 3 unspecified atom stereocenters. The first-order chi connectivity index (χ1) is 13.3. The minimum Gasteiger partial charge on any atom is -0.250 e. The molecule has 0 N–H and O–H groups in total. The summed E-state index contributed by atoms with van der Waals surface area (Å²) in [4.78, 5) is 10.0. The molecule has 12 heteroatoms. The summed E-state index contributed by atoms with van der Waals surface area (Å²) in [5.74, 6) is 0. The number of nitriles is 2. The first-order valence-corrected chi connectivity index (χ1v) is 13.9. The molecule has 2 aromatic heterocycles. The van der Waals surface area contributed by atoms with Gasteiger partial charge in [-0.1, -0.05) is 0 Å². The third-order valence-corrected chi connectivity index (χ3v) is 11.5. The lowest BCUT2D eigenvalue weighted by Crippen LogP contribution is -2.26. The molecule has 0 radical (unpaired) electrons. The summed E-state index contributed by atoms with van der Waals surface area (Å²) in [6.07, 6.45) is 9.62. The topological polar surface area (TPSA) is 132 Å². The van der Waals surface area contributed by atoms with Crippen molar-refractivity contribution in [2.24, 2.45) is 8.73 Å². The number of hydrogen-bond donors (Lipinski definition) is 0. The van der Waals surface area contributed by atoms with Crippen LogP contribution < -0.4 is 0 Å². The number of aryl methyl sites for hydroxylation is 2. The highest BCUT2D eigenvalue weighted by Gasteiger charge is 2.32. The molecule has 0 aliphatic carbocycles. The lowest BCUT2D eigenvalue weighted by Gasteiger charge is -2.23. The van der Waals surface area contributed by atoms with Crippen LogP contribution in [0.5, 0.6) is 0 Å². The summed E-state index contributed by atoms with van der Waals surface area (Å²) in [5.41, 5.74) is 0. The molecule has 0 saturated carbocycles. The Bertz CT molecular complexity index is 1180. The molecule has 0 aromatic carbocycles. The van der Waals surface area contributed by atoms with Crippen LogP contribution in [0.1, 0.15) is 45.8 Å². The molecule has 0 aliphatic rings. The second-order valence-electron chi connectivity index (χ2n) is 6.72. The Kier molecular flexibility index (Phi) is 8.47. The van der Waals surface area contributed by atoms with Gasteiger partial charge in [0.2, 0.25) is 12.4 Å². The highest BCUT2D eigenvalue weighted by Crippen LogP contribution is 2.34. The molecule has 0 spiro atoms. The Balaban J connectivity index is 0.000000291. The smallest absolute Gasteiger partial charge is 0.214 e. The van der Waals surface area contributed by atoms with Crippen LogP contribution in [-0.2, 0) is 24.2 Å². The fourth-order valence-corrected chi connectivity index (χ4v) is 6.34. The van der Waals surface area contributed by atoms with Gasteiger partial charge in [-0.3, -0.25) is 0 Å². The molecular weight excluding hydrogens is 448 g/mol. The SMILES string of the molecule is Cc1ncc(C(C)(C)S(C)(=O)=NC#N)s1.Cc1ncc(C(C)S(C)(=O)=NC#N)s1. The maximum Gasteiger partial charge on any atom is 0.214 e. The normalized spacial score (nSPS) is 16.0. The van der Waals surface area contributed by atoms with Gasteiger partial charge in [0.05, 0.1) is 39.5 Å². The summed E-state index contributed by atoms with van der Waals surface area (Å²) in [6.45, 7) is 9.23. The van der Waals surface area contributed by atoms with Gasteiger partial charge in [-0.05, 0) is 34.6 Å². The zero-order valence-electron chi connectivity index (χ0n) is 17.4. The van der Waals surface area contributed by atoms with E-state index in [0.717, 1.165) is 19.8 Å². The minimum absolute atomic E-state index is 0.242. The van der Waals surface area contributed by atoms with Gasteiger partial charge in [0.25, 0.3) is 0 Å². The lowest BCUT2D eigenvalue weighted by molar-refractivity contribution is 0.642. The van der Waals surface area contributed by atoms with E-state index >= 15 is 0 Å². The number of thiazole rings is 2. The van der Waals surface area contributed by atoms with Gasteiger partial charge in [0, 0.05) is 34.7 Å². The lowest BCUT2D eigenvalue weighted by atomic mass is 10.2. The van der Waals surface area contributed by atoms with Crippen molar-refractivity contribution in [1.29, 1.82) is 10.5 Å². The predicted molar refractivity (Wildman–Crippen MR) is 119 cm³/mol. The van der Waals surface area contributed by atoms with E-state index in [4.69, 9.17) is 10.5 Å². The summed E-state index contributed by atoms with van der Waals surface area (Å²) >= 11 is 2.98. The molecule has 3 atom stereocenters. The highest BCUT2D eigenvalue weighted by molar-refractivity contribution is 7.94. The monoisotopic (exact) mass is 472 g/mol. The molecule has 158 valence electrons. The first-order valence-electron chi connectivity index (χ1n) is 8.32. The van der Waals surface area contributed by atoms with Gasteiger partial charge < -0.3 is 0 Å². The van der Waals surface area contributed by atoms with Gasteiger partial charge >= 0.3 is 0 Å². The Labute approximate surface area is 181 Å². The van der Waals surface area contributed by atoms with E-state index in [1.165, 1.54) is 35.2 Å². The molecular formula is C17H24N6O2S4. The van der Waals surface area contributed by atoms with E-state index in [1.54, 1.807) is 31.7 Å². The third-order valence-electron chi connectivity index (χ3n) is 4.29. The molecule has 0 bridgehead atoms. The van der Waals surface area contributed by atoms with Crippen LogP contribution in [0.4, 0.5) is 0 Å². The van der Waals surface area contributed by atoms with Gasteiger partial charge in [0.15, 0.2) is 0 Å². The van der Waals surface area contributed by atoms with Crippen LogP contribution in [0.15, 0.2) is 21.1 Å². The maximum absolute atomic E-state index is 12.2. The van der Waals surface area contributed by atoms with Gasteiger partial charge in [-0.2, -0.15) is 10.5 Å². The van der Waals surface area contributed by atoms with Crippen LogP contribution in [0.25, 0.3) is 0 Å². The van der Waals surface area contributed by atoms with Crippen molar-refractivity contribution < 1.29 is 8.42 Å². The van der Waals surface area contributed by atoms with E-state index < -0.39 is 24.2 Å². The molecule has 0 saturated heterocycles. The van der Waals surface area contributed by atoms with Crippen molar-refractivity contribution in [3.8, 4) is 12.4 Å². The maximum atomic E-state index is 12.2. The fraction of sp³-hybridized carbons (Fsp3) is 0.529. The Morgan fingerprint density at radius 3 is 1.97 bits per heavy atom. The Morgan fingerprint density at radius 2 is 1.55 bits per heavy atom. The van der Waals surface area contributed by atoms with Gasteiger partial charge in [-0.25, -0.2) is 18.4 Å². The van der Waals surface area contributed by atoms with Crippen molar-refractivity contribution in [2.75, 3.05) is 12.5 Å². The zero-order valence-corrected chi connectivity index (χ0v) is 20.6. The van der Waals surface area contributed by atoms with Gasteiger partial charge in [-0.15, -0.1) is 31.4 Å². The standard InChI is InChI=1S/C9H13N3OS2.C8H11N3OS2/c1-7-11-5-8(14-7)9(2,3)15(4,13)12-6-10;1-6(14(3,12)11-5-9)8-4-10-7(2)13-8/h5H,1-4H3;4,6H,1-3H3.